The Morgan fingerprint density at radius 3 is 2.11 bits per heavy atom. The maximum Gasteiger partial charge on any atom is 0.0107 e. The summed E-state index contributed by atoms with van der Waals surface area (Å²) in [6.45, 7) is 21.1. The zero-order valence-corrected chi connectivity index (χ0v) is 14.6. The molecule has 0 aromatic heterocycles. The third kappa shape index (κ3) is 12.6. The lowest BCUT2D eigenvalue weighted by Crippen LogP contribution is -2.45. The summed E-state index contributed by atoms with van der Waals surface area (Å²) in [5.41, 5.74) is 0. The maximum absolute atomic E-state index is 3.40. The van der Waals surface area contributed by atoms with Gasteiger partial charge in [0, 0.05) is 32.7 Å². The normalized spacial score (nSPS) is 17.1. The molecule has 1 atom stereocenters. The highest BCUT2D eigenvalue weighted by molar-refractivity contribution is 4.70. The van der Waals surface area contributed by atoms with Crippen LogP contribution in [0.3, 0.4) is 0 Å². The highest BCUT2D eigenvalue weighted by atomic mass is 15.2. The second kappa shape index (κ2) is 15.9. The van der Waals surface area contributed by atoms with Gasteiger partial charge in [-0.15, -0.1) is 0 Å². The van der Waals surface area contributed by atoms with E-state index in [0.717, 1.165) is 5.92 Å². The summed E-state index contributed by atoms with van der Waals surface area (Å²) in [5, 5.41) is 3.40. The Labute approximate surface area is 122 Å². The smallest absolute Gasteiger partial charge is 0.0107 e. The molecule has 1 aliphatic rings. The standard InChI is InChI=1S/C12H27N3.2C2H6/c1-4-14(3)8-5-12(2)11-15-9-6-13-7-10-15;2*1-2/h12-13H,4-11H2,1-3H3;2*1-2H3. The number of nitrogens with one attached hydrogen (secondary N) is 1. The third-order valence-electron chi connectivity index (χ3n) is 3.32. The van der Waals surface area contributed by atoms with Crippen molar-refractivity contribution in [3.8, 4) is 0 Å². The predicted octanol–water partition coefficient (Wildman–Crippen LogP) is 2.92. The van der Waals surface area contributed by atoms with Crippen LogP contribution in [0.25, 0.3) is 0 Å². The zero-order chi connectivity index (χ0) is 15.1. The summed E-state index contributed by atoms with van der Waals surface area (Å²) >= 11 is 0. The predicted molar refractivity (Wildman–Crippen MR) is 89.0 cm³/mol. The Hall–Kier alpha value is -0.120. The molecule has 0 aromatic rings. The van der Waals surface area contributed by atoms with Crippen molar-refractivity contribution in [2.45, 2.75) is 48.0 Å². The van der Waals surface area contributed by atoms with Gasteiger partial charge >= 0.3 is 0 Å². The van der Waals surface area contributed by atoms with Gasteiger partial charge in [-0.3, -0.25) is 0 Å². The summed E-state index contributed by atoms with van der Waals surface area (Å²) in [4.78, 5) is 4.99. The van der Waals surface area contributed by atoms with E-state index >= 15 is 0 Å². The van der Waals surface area contributed by atoms with Gasteiger partial charge in [-0.25, -0.2) is 0 Å². The molecule has 0 radical (unpaired) electrons. The summed E-state index contributed by atoms with van der Waals surface area (Å²) in [5.74, 6) is 0.831. The van der Waals surface area contributed by atoms with Crippen molar-refractivity contribution >= 4 is 0 Å². The maximum atomic E-state index is 3.40. The van der Waals surface area contributed by atoms with E-state index in [4.69, 9.17) is 0 Å². The van der Waals surface area contributed by atoms with Crippen LogP contribution in [0, 0.1) is 5.92 Å². The van der Waals surface area contributed by atoms with Crippen molar-refractivity contribution in [3.63, 3.8) is 0 Å². The largest absolute Gasteiger partial charge is 0.314 e. The van der Waals surface area contributed by atoms with Crippen molar-refractivity contribution in [1.82, 2.24) is 15.1 Å². The van der Waals surface area contributed by atoms with Gasteiger partial charge in [-0.1, -0.05) is 41.5 Å². The van der Waals surface area contributed by atoms with E-state index in [-0.39, 0.29) is 0 Å². The fourth-order valence-corrected chi connectivity index (χ4v) is 2.02. The minimum atomic E-state index is 0.831. The SMILES string of the molecule is CC.CC.CCN(C)CCC(C)CN1CCNCC1. The Balaban J connectivity index is 0. The highest BCUT2D eigenvalue weighted by Crippen LogP contribution is 2.06. The molecule has 0 amide bonds. The molecule has 1 aliphatic heterocycles. The highest BCUT2D eigenvalue weighted by Gasteiger charge is 2.12. The van der Waals surface area contributed by atoms with Crippen molar-refractivity contribution in [2.75, 3.05) is 52.9 Å². The molecule has 0 saturated carbocycles. The van der Waals surface area contributed by atoms with Gasteiger partial charge in [-0.2, -0.15) is 0 Å². The first-order valence-corrected chi connectivity index (χ1v) is 8.34. The second-order valence-electron chi connectivity index (χ2n) is 4.84. The van der Waals surface area contributed by atoms with Crippen molar-refractivity contribution in [2.24, 2.45) is 5.92 Å². The van der Waals surface area contributed by atoms with E-state index in [9.17, 15) is 0 Å². The van der Waals surface area contributed by atoms with E-state index in [0.29, 0.717) is 0 Å². The Morgan fingerprint density at radius 2 is 1.63 bits per heavy atom. The van der Waals surface area contributed by atoms with Crippen LogP contribution in [0.2, 0.25) is 0 Å². The van der Waals surface area contributed by atoms with Crippen LogP contribution in [0.1, 0.15) is 48.0 Å². The molecule has 19 heavy (non-hydrogen) atoms. The van der Waals surface area contributed by atoms with Crippen LogP contribution >= 0.6 is 0 Å². The molecule has 3 heteroatoms. The van der Waals surface area contributed by atoms with Crippen molar-refractivity contribution < 1.29 is 0 Å². The van der Waals surface area contributed by atoms with E-state index < -0.39 is 0 Å². The summed E-state index contributed by atoms with van der Waals surface area (Å²) in [6.07, 6.45) is 1.33. The van der Waals surface area contributed by atoms with E-state index in [1.54, 1.807) is 0 Å². The first-order valence-electron chi connectivity index (χ1n) is 8.34. The topological polar surface area (TPSA) is 18.5 Å². The van der Waals surface area contributed by atoms with Crippen LogP contribution < -0.4 is 5.32 Å². The van der Waals surface area contributed by atoms with Crippen molar-refractivity contribution in [1.29, 1.82) is 0 Å². The first kappa shape index (κ1) is 21.2. The van der Waals surface area contributed by atoms with Crippen LogP contribution in [-0.2, 0) is 0 Å². The molecule has 0 aliphatic carbocycles. The molecule has 0 aromatic carbocycles. The molecule has 1 N–H and O–H groups in total. The third-order valence-corrected chi connectivity index (χ3v) is 3.32. The average molecular weight is 274 g/mol. The van der Waals surface area contributed by atoms with E-state index in [1.807, 2.05) is 27.7 Å². The van der Waals surface area contributed by atoms with Gasteiger partial charge in [-0.05, 0) is 32.5 Å². The molecule has 0 spiro atoms. The van der Waals surface area contributed by atoms with Crippen molar-refractivity contribution in [3.05, 3.63) is 0 Å². The quantitative estimate of drug-likeness (QED) is 0.803. The zero-order valence-electron chi connectivity index (χ0n) is 14.6. The Kier molecular flexibility index (Phi) is 17.8. The molecule has 118 valence electrons. The first-order chi connectivity index (χ1) is 9.22. The lowest BCUT2D eigenvalue weighted by molar-refractivity contribution is 0.198. The summed E-state index contributed by atoms with van der Waals surface area (Å²) in [6, 6.07) is 0. The fourth-order valence-electron chi connectivity index (χ4n) is 2.02. The molecule has 1 heterocycles. The molecule has 1 fully saturated rings. The lowest BCUT2D eigenvalue weighted by atomic mass is 10.1. The Bertz CT molecular complexity index is 156. The molecular formula is C16H39N3. The Morgan fingerprint density at radius 1 is 1.11 bits per heavy atom. The average Bonchev–Trinajstić information content (AvgIpc) is 2.50. The lowest BCUT2D eigenvalue weighted by Gasteiger charge is -2.30. The molecular weight excluding hydrogens is 234 g/mol. The van der Waals surface area contributed by atoms with Gasteiger partial charge in [0.1, 0.15) is 0 Å². The number of piperazine rings is 1. The molecule has 1 unspecified atom stereocenters. The van der Waals surface area contributed by atoms with Gasteiger partial charge in [0.2, 0.25) is 0 Å². The van der Waals surface area contributed by atoms with Gasteiger partial charge < -0.3 is 15.1 Å². The molecule has 3 nitrogen and oxygen atoms in total. The van der Waals surface area contributed by atoms with Gasteiger partial charge in [0.25, 0.3) is 0 Å². The summed E-state index contributed by atoms with van der Waals surface area (Å²) < 4.78 is 0. The second-order valence-corrected chi connectivity index (χ2v) is 4.84. The van der Waals surface area contributed by atoms with Crippen LogP contribution in [0.4, 0.5) is 0 Å². The fraction of sp³-hybridized carbons (Fsp3) is 1.00. The van der Waals surface area contributed by atoms with E-state index in [2.05, 4.69) is 36.0 Å². The van der Waals surface area contributed by atoms with Crippen LogP contribution in [0.15, 0.2) is 0 Å². The number of hydrogen-bond acceptors (Lipinski definition) is 3. The minimum absolute atomic E-state index is 0.831. The molecule has 1 saturated heterocycles. The van der Waals surface area contributed by atoms with Gasteiger partial charge in [0.05, 0.1) is 0 Å². The molecule has 1 rings (SSSR count). The minimum Gasteiger partial charge on any atom is -0.314 e. The summed E-state index contributed by atoms with van der Waals surface area (Å²) in [7, 11) is 2.21. The number of hydrogen-bond donors (Lipinski definition) is 1. The van der Waals surface area contributed by atoms with Crippen LogP contribution in [-0.4, -0.2) is 62.7 Å². The van der Waals surface area contributed by atoms with Gasteiger partial charge in [0.15, 0.2) is 0 Å². The number of rotatable bonds is 6. The van der Waals surface area contributed by atoms with E-state index in [1.165, 1.54) is 52.2 Å². The molecule has 0 bridgehead atoms. The van der Waals surface area contributed by atoms with Crippen LogP contribution in [0.5, 0.6) is 0 Å². The monoisotopic (exact) mass is 273 g/mol. The number of nitrogens with zero attached hydrogens (tertiary/aromatic N) is 2.